The predicted octanol–water partition coefficient (Wildman–Crippen LogP) is 2.86. The Balaban J connectivity index is 2.02. The highest BCUT2D eigenvalue weighted by atomic mass is 16.3. The third kappa shape index (κ3) is 3.02. The van der Waals surface area contributed by atoms with Crippen LogP contribution in [0, 0.1) is 20.8 Å². The van der Waals surface area contributed by atoms with Crippen molar-refractivity contribution in [3.05, 3.63) is 46.7 Å². The van der Waals surface area contributed by atoms with Gasteiger partial charge in [-0.2, -0.15) is 0 Å². The summed E-state index contributed by atoms with van der Waals surface area (Å²) < 4.78 is 7.58. The van der Waals surface area contributed by atoms with E-state index in [-0.39, 0.29) is 5.78 Å². The van der Waals surface area contributed by atoms with Gasteiger partial charge >= 0.3 is 0 Å². The molecule has 2 aromatic heterocycles. The first kappa shape index (κ1) is 14.6. The zero-order valence-corrected chi connectivity index (χ0v) is 12.9. The number of Topliss-reactive ketones (excluding diaryl/α,β-unsaturated/α-hetero) is 1. The Morgan fingerprint density at radius 2 is 2.00 bits per heavy atom. The molecule has 0 bridgehead atoms. The Kier molecular flexibility index (Phi) is 4.14. The Labute approximate surface area is 120 Å². The van der Waals surface area contributed by atoms with Gasteiger partial charge in [0.15, 0.2) is 5.78 Å². The summed E-state index contributed by atoms with van der Waals surface area (Å²) in [5.74, 6) is 1.94. The van der Waals surface area contributed by atoms with E-state index in [2.05, 4.69) is 0 Å². The lowest BCUT2D eigenvalue weighted by molar-refractivity contribution is 0.0939. The first-order chi connectivity index (χ1) is 9.38. The number of likely N-dealkylation sites (N-methyl/N-ethyl adjacent to an activating group) is 1. The summed E-state index contributed by atoms with van der Waals surface area (Å²) in [7, 11) is 3.91. The van der Waals surface area contributed by atoms with Crippen molar-refractivity contribution in [3.8, 4) is 0 Å². The highest BCUT2D eigenvalue weighted by molar-refractivity contribution is 5.98. The van der Waals surface area contributed by atoms with E-state index in [4.69, 9.17) is 4.42 Å². The van der Waals surface area contributed by atoms with Gasteiger partial charge < -0.3 is 8.98 Å². The standard InChI is InChI=1S/C16H22N2O2/c1-11-8-15(13(3)18(11)5)16(19)10-17(4)9-14-7-6-12(2)20-14/h6-8H,9-10H2,1-5H3. The Hall–Kier alpha value is -1.81. The molecule has 0 unspecified atom stereocenters. The molecule has 0 spiro atoms. The van der Waals surface area contributed by atoms with Crippen LogP contribution in [0.3, 0.4) is 0 Å². The van der Waals surface area contributed by atoms with Gasteiger partial charge in [-0.25, -0.2) is 0 Å². The first-order valence-corrected chi connectivity index (χ1v) is 6.78. The van der Waals surface area contributed by atoms with Crippen molar-refractivity contribution in [1.29, 1.82) is 0 Å². The highest BCUT2D eigenvalue weighted by Gasteiger charge is 2.16. The van der Waals surface area contributed by atoms with Gasteiger partial charge in [0.05, 0.1) is 13.1 Å². The van der Waals surface area contributed by atoms with E-state index in [0.717, 1.165) is 28.5 Å². The van der Waals surface area contributed by atoms with Crippen molar-refractivity contribution >= 4 is 5.78 Å². The molecule has 0 radical (unpaired) electrons. The predicted molar refractivity (Wildman–Crippen MR) is 79.0 cm³/mol. The summed E-state index contributed by atoms with van der Waals surface area (Å²) in [5, 5.41) is 0. The van der Waals surface area contributed by atoms with Crippen LogP contribution in [0.2, 0.25) is 0 Å². The van der Waals surface area contributed by atoms with E-state index in [1.54, 1.807) is 0 Å². The molecule has 0 amide bonds. The molecule has 0 saturated carbocycles. The second kappa shape index (κ2) is 5.67. The first-order valence-electron chi connectivity index (χ1n) is 6.78. The zero-order valence-electron chi connectivity index (χ0n) is 12.9. The Bertz CT molecular complexity index is 622. The number of hydrogen-bond acceptors (Lipinski definition) is 3. The molecule has 0 aliphatic heterocycles. The molecule has 2 rings (SSSR count). The lowest BCUT2D eigenvalue weighted by Gasteiger charge is -2.14. The van der Waals surface area contributed by atoms with Crippen molar-refractivity contribution in [2.45, 2.75) is 27.3 Å². The largest absolute Gasteiger partial charge is 0.465 e. The van der Waals surface area contributed by atoms with Gasteiger partial charge in [-0.15, -0.1) is 0 Å². The maximum absolute atomic E-state index is 12.4. The van der Waals surface area contributed by atoms with Gasteiger partial charge in [-0.05, 0) is 46.0 Å². The molecule has 2 aromatic rings. The number of ketones is 1. The van der Waals surface area contributed by atoms with Gasteiger partial charge in [0.2, 0.25) is 0 Å². The van der Waals surface area contributed by atoms with Gasteiger partial charge in [-0.3, -0.25) is 9.69 Å². The number of carbonyl (C=O) groups excluding carboxylic acids is 1. The maximum atomic E-state index is 12.4. The van der Waals surface area contributed by atoms with Crippen LogP contribution >= 0.6 is 0 Å². The smallest absolute Gasteiger partial charge is 0.178 e. The number of carbonyl (C=O) groups is 1. The Morgan fingerprint density at radius 1 is 1.30 bits per heavy atom. The van der Waals surface area contributed by atoms with Crippen LogP contribution in [-0.4, -0.2) is 28.8 Å². The molecule has 0 aromatic carbocycles. The average molecular weight is 274 g/mol. The number of hydrogen-bond donors (Lipinski definition) is 0. The molecule has 0 fully saturated rings. The molecular formula is C16H22N2O2. The van der Waals surface area contributed by atoms with Crippen LogP contribution in [0.1, 0.15) is 33.3 Å². The van der Waals surface area contributed by atoms with Crippen molar-refractivity contribution < 1.29 is 9.21 Å². The number of furan rings is 1. The number of rotatable bonds is 5. The van der Waals surface area contributed by atoms with E-state index in [9.17, 15) is 4.79 Å². The number of aromatic nitrogens is 1. The highest BCUT2D eigenvalue weighted by Crippen LogP contribution is 2.15. The molecule has 0 aliphatic carbocycles. The number of nitrogens with zero attached hydrogens (tertiary/aromatic N) is 2. The van der Waals surface area contributed by atoms with E-state index >= 15 is 0 Å². The lowest BCUT2D eigenvalue weighted by Crippen LogP contribution is -2.25. The van der Waals surface area contributed by atoms with E-state index in [1.807, 2.05) is 62.5 Å². The molecule has 0 saturated heterocycles. The van der Waals surface area contributed by atoms with Crippen LogP contribution in [-0.2, 0) is 13.6 Å². The fourth-order valence-corrected chi connectivity index (χ4v) is 2.36. The summed E-state index contributed by atoms with van der Waals surface area (Å²) in [6.45, 7) is 6.95. The minimum atomic E-state index is 0.150. The second-order valence-electron chi connectivity index (χ2n) is 5.45. The molecule has 0 aliphatic rings. The quantitative estimate of drug-likeness (QED) is 0.787. The molecule has 4 heteroatoms. The lowest BCUT2D eigenvalue weighted by atomic mass is 10.1. The van der Waals surface area contributed by atoms with Crippen LogP contribution < -0.4 is 0 Å². The molecule has 4 nitrogen and oxygen atoms in total. The molecule has 108 valence electrons. The van der Waals surface area contributed by atoms with Gasteiger partial charge in [0, 0.05) is 24.0 Å². The van der Waals surface area contributed by atoms with Crippen LogP contribution in [0.15, 0.2) is 22.6 Å². The van der Waals surface area contributed by atoms with Crippen LogP contribution in [0.5, 0.6) is 0 Å². The Morgan fingerprint density at radius 3 is 2.50 bits per heavy atom. The summed E-state index contributed by atoms with van der Waals surface area (Å²) in [6, 6.07) is 5.85. The van der Waals surface area contributed by atoms with E-state index in [1.165, 1.54) is 0 Å². The van der Waals surface area contributed by atoms with E-state index < -0.39 is 0 Å². The maximum Gasteiger partial charge on any atom is 0.178 e. The molecule has 0 N–H and O–H groups in total. The van der Waals surface area contributed by atoms with Crippen molar-refractivity contribution in [1.82, 2.24) is 9.47 Å². The molecule has 0 atom stereocenters. The third-order valence-corrected chi connectivity index (χ3v) is 3.71. The minimum absolute atomic E-state index is 0.150. The van der Waals surface area contributed by atoms with Gasteiger partial charge in [0.1, 0.15) is 11.5 Å². The summed E-state index contributed by atoms with van der Waals surface area (Å²) in [6.07, 6.45) is 0. The summed E-state index contributed by atoms with van der Waals surface area (Å²) in [5.41, 5.74) is 2.94. The van der Waals surface area contributed by atoms with Crippen molar-refractivity contribution in [2.75, 3.05) is 13.6 Å². The normalized spacial score (nSPS) is 11.3. The fourth-order valence-electron chi connectivity index (χ4n) is 2.36. The molecular weight excluding hydrogens is 252 g/mol. The molecule has 20 heavy (non-hydrogen) atoms. The average Bonchev–Trinajstić information content (AvgIpc) is 2.88. The zero-order chi connectivity index (χ0) is 14.9. The van der Waals surface area contributed by atoms with Crippen LogP contribution in [0.25, 0.3) is 0 Å². The SMILES string of the molecule is Cc1ccc(CN(C)CC(=O)c2cc(C)n(C)c2C)o1. The monoisotopic (exact) mass is 274 g/mol. The third-order valence-electron chi connectivity index (χ3n) is 3.71. The van der Waals surface area contributed by atoms with E-state index in [0.29, 0.717) is 13.1 Å². The topological polar surface area (TPSA) is 38.4 Å². The van der Waals surface area contributed by atoms with Crippen LogP contribution in [0.4, 0.5) is 0 Å². The molecule has 2 heterocycles. The van der Waals surface area contributed by atoms with Gasteiger partial charge in [0.25, 0.3) is 0 Å². The second-order valence-corrected chi connectivity index (χ2v) is 5.45. The minimum Gasteiger partial charge on any atom is -0.465 e. The van der Waals surface area contributed by atoms with Crippen molar-refractivity contribution in [3.63, 3.8) is 0 Å². The summed E-state index contributed by atoms with van der Waals surface area (Å²) >= 11 is 0. The van der Waals surface area contributed by atoms with Crippen molar-refractivity contribution in [2.24, 2.45) is 7.05 Å². The summed E-state index contributed by atoms with van der Waals surface area (Å²) in [4.78, 5) is 14.3. The van der Waals surface area contributed by atoms with Gasteiger partial charge in [-0.1, -0.05) is 0 Å². The fraction of sp³-hybridized carbons (Fsp3) is 0.438. The number of aryl methyl sites for hydroxylation is 2.